The molecule has 0 aliphatic heterocycles. The van der Waals surface area contributed by atoms with Crippen LogP contribution < -0.4 is 20.2 Å². The smallest absolute Gasteiger partial charge is 0.329 e. The van der Waals surface area contributed by atoms with Gasteiger partial charge in [-0.3, -0.25) is 9.59 Å². The predicted octanol–water partition coefficient (Wildman–Crippen LogP) is 3.89. The van der Waals surface area contributed by atoms with Gasteiger partial charge in [-0.1, -0.05) is 36.4 Å². The number of nitrogens with zero attached hydrogens (tertiary/aromatic N) is 1. The fourth-order valence-corrected chi connectivity index (χ4v) is 2.68. The Balaban J connectivity index is 1.52. The maximum absolute atomic E-state index is 13.0. The number of halogens is 1. The number of carbonyl (C=O) groups excluding carboxylic acids is 2. The highest BCUT2D eigenvalue weighted by Crippen LogP contribution is 2.23. The SMILES string of the molecule is CCOc1ccccc1NC(=O)C(=O)N/N=C/c1cccc(OCc2ccc(F)cc2)c1. The van der Waals surface area contributed by atoms with Crippen molar-refractivity contribution >= 4 is 23.7 Å². The van der Waals surface area contributed by atoms with Crippen LogP contribution in [0.1, 0.15) is 18.1 Å². The third kappa shape index (κ3) is 6.66. The number of hydrazone groups is 1. The summed E-state index contributed by atoms with van der Waals surface area (Å²) in [5.74, 6) is -1.05. The minimum Gasteiger partial charge on any atom is -0.492 e. The molecule has 0 aromatic heterocycles. The number of para-hydroxylation sites is 2. The standard InChI is InChI=1S/C24H22FN3O4/c1-2-31-22-9-4-3-8-21(22)27-23(29)24(30)28-26-15-18-6-5-7-20(14-18)32-16-17-10-12-19(25)13-11-17/h3-15H,2,16H2,1H3,(H,27,29)(H,28,30)/b26-15+. The minimum absolute atomic E-state index is 0.279. The van der Waals surface area contributed by atoms with Gasteiger partial charge in [0.1, 0.15) is 23.9 Å². The Morgan fingerprint density at radius 1 is 0.969 bits per heavy atom. The van der Waals surface area contributed by atoms with Gasteiger partial charge in [0.25, 0.3) is 0 Å². The first-order valence-corrected chi connectivity index (χ1v) is 9.88. The van der Waals surface area contributed by atoms with Crippen molar-refractivity contribution in [2.45, 2.75) is 13.5 Å². The molecule has 8 heteroatoms. The van der Waals surface area contributed by atoms with Crippen LogP contribution in [0.25, 0.3) is 0 Å². The lowest BCUT2D eigenvalue weighted by Gasteiger charge is -2.10. The van der Waals surface area contributed by atoms with Gasteiger partial charge in [0.05, 0.1) is 18.5 Å². The first-order chi connectivity index (χ1) is 15.5. The van der Waals surface area contributed by atoms with Crippen molar-refractivity contribution in [3.05, 3.63) is 89.7 Å². The van der Waals surface area contributed by atoms with E-state index in [0.717, 1.165) is 5.56 Å². The number of amides is 2. The van der Waals surface area contributed by atoms with Crippen molar-refractivity contribution in [2.75, 3.05) is 11.9 Å². The summed E-state index contributed by atoms with van der Waals surface area (Å²) in [6, 6.07) is 19.9. The van der Waals surface area contributed by atoms with Crippen molar-refractivity contribution < 1.29 is 23.5 Å². The zero-order chi connectivity index (χ0) is 22.8. The molecule has 0 fully saturated rings. The highest BCUT2D eigenvalue weighted by Gasteiger charge is 2.15. The molecule has 3 rings (SSSR count). The molecule has 0 aliphatic carbocycles. The molecule has 2 amide bonds. The van der Waals surface area contributed by atoms with E-state index in [1.54, 1.807) is 60.7 Å². The highest BCUT2D eigenvalue weighted by molar-refractivity contribution is 6.39. The number of ether oxygens (including phenoxy) is 2. The maximum Gasteiger partial charge on any atom is 0.329 e. The van der Waals surface area contributed by atoms with Gasteiger partial charge in [0.15, 0.2) is 0 Å². The molecule has 0 saturated heterocycles. The van der Waals surface area contributed by atoms with E-state index in [2.05, 4.69) is 15.8 Å². The molecule has 0 bridgehead atoms. The van der Waals surface area contributed by atoms with E-state index >= 15 is 0 Å². The molecule has 0 saturated carbocycles. The van der Waals surface area contributed by atoms with Crippen LogP contribution in [-0.4, -0.2) is 24.6 Å². The molecule has 3 aromatic rings. The normalized spacial score (nSPS) is 10.6. The zero-order valence-electron chi connectivity index (χ0n) is 17.4. The topological polar surface area (TPSA) is 89.0 Å². The van der Waals surface area contributed by atoms with E-state index in [0.29, 0.717) is 29.4 Å². The summed E-state index contributed by atoms with van der Waals surface area (Å²) in [5, 5.41) is 6.31. The Hall–Kier alpha value is -4.20. The van der Waals surface area contributed by atoms with E-state index in [9.17, 15) is 14.0 Å². The number of carbonyl (C=O) groups is 2. The molecular formula is C24H22FN3O4. The quantitative estimate of drug-likeness (QED) is 0.319. The predicted molar refractivity (Wildman–Crippen MR) is 119 cm³/mol. The minimum atomic E-state index is -0.920. The first-order valence-electron chi connectivity index (χ1n) is 9.88. The summed E-state index contributed by atoms with van der Waals surface area (Å²) in [6.45, 7) is 2.53. The second-order valence-corrected chi connectivity index (χ2v) is 6.57. The number of hydrogen-bond donors (Lipinski definition) is 2. The van der Waals surface area contributed by atoms with Gasteiger partial charge in [0.2, 0.25) is 0 Å². The maximum atomic E-state index is 13.0. The molecule has 0 heterocycles. The highest BCUT2D eigenvalue weighted by atomic mass is 19.1. The third-order valence-electron chi connectivity index (χ3n) is 4.20. The molecule has 7 nitrogen and oxygen atoms in total. The average molecular weight is 435 g/mol. The fraction of sp³-hybridized carbons (Fsp3) is 0.125. The Morgan fingerprint density at radius 3 is 2.53 bits per heavy atom. The van der Waals surface area contributed by atoms with Crippen molar-refractivity contribution in [1.82, 2.24) is 5.43 Å². The molecule has 0 spiro atoms. The number of rotatable bonds is 8. The van der Waals surface area contributed by atoms with Crippen LogP contribution in [0.15, 0.2) is 77.9 Å². The summed E-state index contributed by atoms with van der Waals surface area (Å²) in [6.07, 6.45) is 1.39. The van der Waals surface area contributed by atoms with E-state index in [-0.39, 0.29) is 12.4 Å². The number of nitrogens with one attached hydrogen (secondary N) is 2. The van der Waals surface area contributed by atoms with Crippen LogP contribution >= 0.6 is 0 Å². The second kappa shape index (κ2) is 11.3. The Kier molecular flexibility index (Phi) is 7.91. The fourth-order valence-electron chi connectivity index (χ4n) is 2.68. The molecule has 2 N–H and O–H groups in total. The van der Waals surface area contributed by atoms with Crippen molar-refractivity contribution in [1.29, 1.82) is 0 Å². The van der Waals surface area contributed by atoms with E-state index < -0.39 is 11.8 Å². The first kappa shape index (κ1) is 22.5. The Labute approximate surface area is 184 Å². The second-order valence-electron chi connectivity index (χ2n) is 6.57. The molecule has 164 valence electrons. The lowest BCUT2D eigenvalue weighted by atomic mass is 10.2. The van der Waals surface area contributed by atoms with Gasteiger partial charge < -0.3 is 14.8 Å². The summed E-state index contributed by atoms with van der Waals surface area (Å²) in [4.78, 5) is 24.1. The van der Waals surface area contributed by atoms with E-state index in [1.807, 2.05) is 6.92 Å². The number of hydrogen-bond acceptors (Lipinski definition) is 5. The summed E-state index contributed by atoms with van der Waals surface area (Å²) >= 11 is 0. The van der Waals surface area contributed by atoms with Crippen LogP contribution in [0.4, 0.5) is 10.1 Å². The molecule has 0 aliphatic rings. The lowest BCUT2D eigenvalue weighted by Crippen LogP contribution is -2.32. The monoisotopic (exact) mass is 435 g/mol. The Morgan fingerprint density at radius 2 is 1.75 bits per heavy atom. The zero-order valence-corrected chi connectivity index (χ0v) is 17.4. The summed E-state index contributed by atoms with van der Waals surface area (Å²) < 4.78 is 24.1. The molecule has 0 atom stereocenters. The van der Waals surface area contributed by atoms with Crippen LogP contribution in [0.3, 0.4) is 0 Å². The van der Waals surface area contributed by atoms with Crippen molar-refractivity contribution in [2.24, 2.45) is 5.10 Å². The molecule has 0 radical (unpaired) electrons. The number of anilines is 1. The van der Waals surface area contributed by atoms with Gasteiger partial charge in [-0.2, -0.15) is 5.10 Å². The van der Waals surface area contributed by atoms with E-state index in [4.69, 9.17) is 9.47 Å². The van der Waals surface area contributed by atoms with Crippen LogP contribution in [-0.2, 0) is 16.2 Å². The van der Waals surface area contributed by atoms with Crippen molar-refractivity contribution in [3.63, 3.8) is 0 Å². The van der Waals surface area contributed by atoms with Gasteiger partial charge in [-0.05, 0) is 54.4 Å². The summed E-state index contributed by atoms with van der Waals surface area (Å²) in [7, 11) is 0. The molecule has 3 aromatic carbocycles. The van der Waals surface area contributed by atoms with Crippen molar-refractivity contribution in [3.8, 4) is 11.5 Å². The van der Waals surface area contributed by atoms with Gasteiger partial charge in [-0.25, -0.2) is 9.82 Å². The molecule has 32 heavy (non-hydrogen) atoms. The van der Waals surface area contributed by atoms with Crippen LogP contribution in [0.2, 0.25) is 0 Å². The van der Waals surface area contributed by atoms with Gasteiger partial charge >= 0.3 is 11.8 Å². The molecule has 0 unspecified atom stereocenters. The lowest BCUT2D eigenvalue weighted by molar-refractivity contribution is -0.136. The third-order valence-corrected chi connectivity index (χ3v) is 4.20. The average Bonchev–Trinajstić information content (AvgIpc) is 2.80. The largest absolute Gasteiger partial charge is 0.492 e. The Bertz CT molecular complexity index is 1100. The van der Waals surface area contributed by atoms with Gasteiger partial charge in [0, 0.05) is 0 Å². The molecular weight excluding hydrogens is 413 g/mol. The van der Waals surface area contributed by atoms with Crippen LogP contribution in [0.5, 0.6) is 11.5 Å². The number of benzene rings is 3. The summed E-state index contributed by atoms with van der Waals surface area (Å²) in [5.41, 5.74) is 4.06. The van der Waals surface area contributed by atoms with Gasteiger partial charge in [-0.15, -0.1) is 0 Å². The van der Waals surface area contributed by atoms with E-state index in [1.165, 1.54) is 18.3 Å². The van der Waals surface area contributed by atoms with Crippen LogP contribution in [0, 0.1) is 5.82 Å².